The van der Waals surface area contributed by atoms with E-state index in [1.807, 2.05) is 4.72 Å². The van der Waals surface area contributed by atoms with Crippen LogP contribution in [0.5, 0.6) is 0 Å². The summed E-state index contributed by atoms with van der Waals surface area (Å²) in [6.45, 7) is 0. The van der Waals surface area contributed by atoms with Gasteiger partial charge in [-0.1, -0.05) is 18.2 Å². The number of hydrogen-bond acceptors (Lipinski definition) is 2. The second-order valence-corrected chi connectivity index (χ2v) is 5.11. The Bertz CT molecular complexity index is 675. The van der Waals surface area contributed by atoms with Gasteiger partial charge in [-0.3, -0.25) is 9.44 Å². The van der Waals surface area contributed by atoms with E-state index < -0.39 is 21.8 Å². The number of hydrogen-bond donors (Lipinski definition) is 2. The Morgan fingerprint density at radius 1 is 0.895 bits per heavy atom. The van der Waals surface area contributed by atoms with E-state index in [0.717, 1.165) is 12.1 Å². The monoisotopic (exact) mass is 284 g/mol. The third-order valence-corrected chi connectivity index (χ3v) is 3.19. The molecule has 7 heteroatoms. The van der Waals surface area contributed by atoms with Crippen LogP contribution < -0.4 is 9.44 Å². The SMILES string of the molecule is O=S(=O)(Nc1ccccc1)Nc1ccc(F)cc1F. The minimum absolute atomic E-state index is 0.329. The summed E-state index contributed by atoms with van der Waals surface area (Å²) >= 11 is 0. The molecule has 0 aromatic heterocycles. The van der Waals surface area contributed by atoms with Gasteiger partial charge in [0.15, 0.2) is 0 Å². The van der Waals surface area contributed by atoms with Crippen molar-refractivity contribution in [2.24, 2.45) is 0 Å². The van der Waals surface area contributed by atoms with Crippen molar-refractivity contribution < 1.29 is 17.2 Å². The molecule has 0 heterocycles. The van der Waals surface area contributed by atoms with E-state index in [1.165, 1.54) is 0 Å². The van der Waals surface area contributed by atoms with Gasteiger partial charge < -0.3 is 0 Å². The molecular weight excluding hydrogens is 274 g/mol. The summed E-state index contributed by atoms with van der Waals surface area (Å²) in [4.78, 5) is 0. The number of rotatable bonds is 4. The van der Waals surface area contributed by atoms with Crippen LogP contribution in [0.4, 0.5) is 20.2 Å². The van der Waals surface area contributed by atoms with Crippen LogP contribution in [0.2, 0.25) is 0 Å². The fourth-order valence-electron chi connectivity index (χ4n) is 1.40. The van der Waals surface area contributed by atoms with Crippen molar-refractivity contribution in [3.63, 3.8) is 0 Å². The van der Waals surface area contributed by atoms with Gasteiger partial charge in [0.25, 0.3) is 0 Å². The Morgan fingerprint density at radius 2 is 1.58 bits per heavy atom. The van der Waals surface area contributed by atoms with Crippen molar-refractivity contribution in [2.45, 2.75) is 0 Å². The maximum absolute atomic E-state index is 13.3. The second kappa shape index (κ2) is 5.23. The quantitative estimate of drug-likeness (QED) is 0.907. The second-order valence-electron chi connectivity index (χ2n) is 3.70. The van der Waals surface area contributed by atoms with Crippen LogP contribution in [0, 0.1) is 11.6 Å². The molecule has 2 rings (SSSR count). The van der Waals surface area contributed by atoms with Gasteiger partial charge in [0.2, 0.25) is 0 Å². The summed E-state index contributed by atoms with van der Waals surface area (Å²) in [6, 6.07) is 10.7. The number of benzene rings is 2. The van der Waals surface area contributed by atoms with Gasteiger partial charge in [-0.25, -0.2) is 8.78 Å². The third kappa shape index (κ3) is 3.65. The fourth-order valence-corrected chi connectivity index (χ4v) is 2.36. The minimum atomic E-state index is -3.99. The topological polar surface area (TPSA) is 58.2 Å². The van der Waals surface area contributed by atoms with Crippen LogP contribution in [0.15, 0.2) is 48.5 Å². The first-order valence-corrected chi connectivity index (χ1v) is 6.75. The molecule has 0 saturated carbocycles. The molecule has 2 N–H and O–H groups in total. The van der Waals surface area contributed by atoms with E-state index in [1.54, 1.807) is 30.3 Å². The van der Waals surface area contributed by atoms with E-state index in [9.17, 15) is 17.2 Å². The molecule has 2 aromatic carbocycles. The van der Waals surface area contributed by atoms with Gasteiger partial charge in [-0.15, -0.1) is 0 Å². The van der Waals surface area contributed by atoms with E-state index >= 15 is 0 Å². The van der Waals surface area contributed by atoms with Crippen LogP contribution in [0.3, 0.4) is 0 Å². The average molecular weight is 284 g/mol. The molecule has 0 atom stereocenters. The van der Waals surface area contributed by atoms with Crippen molar-refractivity contribution in [3.8, 4) is 0 Å². The summed E-state index contributed by atoms with van der Waals surface area (Å²) < 4.78 is 53.7. The van der Waals surface area contributed by atoms with E-state index in [-0.39, 0.29) is 5.69 Å². The molecule has 0 spiro atoms. The van der Waals surface area contributed by atoms with Crippen molar-refractivity contribution in [1.82, 2.24) is 0 Å². The molecule has 0 aliphatic carbocycles. The van der Waals surface area contributed by atoms with Crippen LogP contribution in [0.1, 0.15) is 0 Å². The first-order chi connectivity index (χ1) is 8.96. The molecule has 0 unspecified atom stereocenters. The van der Waals surface area contributed by atoms with Crippen molar-refractivity contribution in [1.29, 1.82) is 0 Å². The zero-order valence-electron chi connectivity index (χ0n) is 9.60. The Kier molecular flexibility index (Phi) is 3.66. The number of halogens is 2. The standard InChI is InChI=1S/C12H10F2N2O2S/c13-9-6-7-12(11(14)8-9)16-19(17,18)15-10-4-2-1-3-5-10/h1-8,15-16H. The Balaban J connectivity index is 2.17. The maximum Gasteiger partial charge on any atom is 0.321 e. The zero-order chi connectivity index (χ0) is 13.9. The highest BCUT2D eigenvalue weighted by atomic mass is 32.2. The summed E-state index contributed by atoms with van der Waals surface area (Å²) in [6.07, 6.45) is 0. The zero-order valence-corrected chi connectivity index (χ0v) is 10.4. The summed E-state index contributed by atoms with van der Waals surface area (Å²) in [5.41, 5.74) is 0.00218. The molecule has 100 valence electrons. The van der Waals surface area contributed by atoms with Crippen molar-refractivity contribution in [2.75, 3.05) is 9.44 Å². The van der Waals surface area contributed by atoms with Gasteiger partial charge in [-0.05, 0) is 24.3 Å². The van der Waals surface area contributed by atoms with Gasteiger partial charge in [-0.2, -0.15) is 8.42 Å². The predicted molar refractivity (Wildman–Crippen MR) is 69.0 cm³/mol. The highest BCUT2D eigenvalue weighted by Crippen LogP contribution is 2.17. The number of anilines is 2. The molecule has 0 aliphatic heterocycles. The van der Waals surface area contributed by atoms with Crippen LogP contribution in [-0.2, 0) is 10.2 Å². The molecule has 0 aliphatic rings. The number of nitrogens with one attached hydrogen (secondary N) is 2. The van der Waals surface area contributed by atoms with Crippen molar-refractivity contribution in [3.05, 3.63) is 60.2 Å². The maximum atomic E-state index is 13.3. The van der Waals surface area contributed by atoms with E-state index in [0.29, 0.717) is 11.8 Å². The van der Waals surface area contributed by atoms with Crippen molar-refractivity contribution >= 4 is 21.6 Å². The third-order valence-electron chi connectivity index (χ3n) is 2.20. The van der Waals surface area contributed by atoms with E-state index in [4.69, 9.17) is 0 Å². The molecule has 0 radical (unpaired) electrons. The molecule has 0 bridgehead atoms. The lowest BCUT2D eigenvalue weighted by molar-refractivity contribution is 0.583. The molecule has 4 nitrogen and oxygen atoms in total. The highest BCUT2D eigenvalue weighted by Gasteiger charge is 2.13. The predicted octanol–water partition coefficient (Wildman–Crippen LogP) is 2.73. The van der Waals surface area contributed by atoms with Gasteiger partial charge >= 0.3 is 10.2 Å². The first kappa shape index (κ1) is 13.3. The summed E-state index contributed by atoms with van der Waals surface area (Å²) in [7, 11) is -3.99. The molecular formula is C12H10F2N2O2S. The van der Waals surface area contributed by atoms with Crippen LogP contribution >= 0.6 is 0 Å². The number of para-hydroxylation sites is 1. The Hall–Kier alpha value is -2.15. The lowest BCUT2D eigenvalue weighted by atomic mass is 10.3. The summed E-state index contributed by atoms with van der Waals surface area (Å²) in [5.74, 6) is -1.77. The van der Waals surface area contributed by atoms with Gasteiger partial charge in [0, 0.05) is 6.07 Å². The molecule has 19 heavy (non-hydrogen) atoms. The lowest BCUT2D eigenvalue weighted by Gasteiger charge is -2.10. The van der Waals surface area contributed by atoms with E-state index in [2.05, 4.69) is 4.72 Å². The highest BCUT2D eigenvalue weighted by molar-refractivity contribution is 7.94. The lowest BCUT2D eigenvalue weighted by Crippen LogP contribution is -2.22. The van der Waals surface area contributed by atoms with Gasteiger partial charge in [0.1, 0.15) is 11.6 Å². The molecule has 0 amide bonds. The summed E-state index contributed by atoms with van der Waals surface area (Å²) in [5, 5.41) is 0. The van der Waals surface area contributed by atoms with Crippen LogP contribution in [0.25, 0.3) is 0 Å². The largest absolute Gasteiger partial charge is 0.321 e. The molecule has 0 saturated heterocycles. The molecule has 0 fully saturated rings. The minimum Gasteiger partial charge on any atom is -0.267 e. The average Bonchev–Trinajstić information content (AvgIpc) is 2.33. The fraction of sp³-hybridized carbons (Fsp3) is 0. The van der Waals surface area contributed by atoms with Gasteiger partial charge in [0.05, 0.1) is 11.4 Å². The first-order valence-electron chi connectivity index (χ1n) is 5.27. The Morgan fingerprint density at radius 3 is 2.21 bits per heavy atom. The van der Waals surface area contributed by atoms with Crippen LogP contribution in [-0.4, -0.2) is 8.42 Å². The Labute approximate surface area is 109 Å². The molecule has 2 aromatic rings. The normalized spacial score (nSPS) is 11.1. The smallest absolute Gasteiger partial charge is 0.267 e.